The summed E-state index contributed by atoms with van der Waals surface area (Å²) in [4.78, 5) is 9.53. The Morgan fingerprint density at radius 2 is 1.73 bits per heavy atom. The minimum atomic E-state index is -0.0188. The van der Waals surface area contributed by atoms with E-state index in [0.717, 1.165) is 22.4 Å². The van der Waals surface area contributed by atoms with Crippen LogP contribution in [0.15, 0.2) is 42.7 Å². The molecule has 0 fully saturated rings. The van der Waals surface area contributed by atoms with Crippen LogP contribution in [0.1, 0.15) is 32.0 Å². The summed E-state index contributed by atoms with van der Waals surface area (Å²) < 4.78 is 2.21. The molecule has 4 rings (SSSR count). The number of fused-ring (bicyclic) bond motifs is 5. The highest BCUT2D eigenvalue weighted by Gasteiger charge is 2.22. The number of pyridine rings is 2. The van der Waals surface area contributed by atoms with Gasteiger partial charge in [-0.2, -0.15) is 0 Å². The SMILES string of the molecule is Cc1cn2c(nc3ccnc(C(C)(C)C)c32)c2ccccc12. The number of rotatable bonds is 0. The smallest absolute Gasteiger partial charge is 0.145 e. The van der Waals surface area contributed by atoms with E-state index >= 15 is 0 Å². The lowest BCUT2D eigenvalue weighted by molar-refractivity contribution is 0.573. The van der Waals surface area contributed by atoms with Crippen molar-refractivity contribution in [3.63, 3.8) is 0 Å². The quantitative estimate of drug-likeness (QED) is 0.472. The van der Waals surface area contributed by atoms with Gasteiger partial charge in [0.25, 0.3) is 0 Å². The molecule has 0 atom stereocenters. The molecule has 0 aliphatic carbocycles. The highest BCUT2D eigenvalue weighted by Crippen LogP contribution is 2.31. The Hall–Kier alpha value is -2.42. The Labute approximate surface area is 129 Å². The van der Waals surface area contributed by atoms with E-state index < -0.39 is 0 Å². The maximum atomic E-state index is 4.88. The lowest BCUT2D eigenvalue weighted by atomic mass is 9.90. The maximum absolute atomic E-state index is 4.88. The van der Waals surface area contributed by atoms with Gasteiger partial charge in [0, 0.05) is 23.2 Å². The van der Waals surface area contributed by atoms with Gasteiger partial charge in [0.1, 0.15) is 5.65 Å². The second-order valence-electron chi connectivity index (χ2n) is 6.94. The van der Waals surface area contributed by atoms with Gasteiger partial charge in [-0.25, -0.2) is 4.98 Å². The highest BCUT2D eigenvalue weighted by molar-refractivity contribution is 6.00. The first-order chi connectivity index (χ1) is 10.5. The Morgan fingerprint density at radius 1 is 1.00 bits per heavy atom. The molecule has 0 saturated heterocycles. The Morgan fingerprint density at radius 3 is 2.45 bits per heavy atom. The zero-order chi connectivity index (χ0) is 15.5. The van der Waals surface area contributed by atoms with Crippen LogP contribution in [0.2, 0.25) is 0 Å². The van der Waals surface area contributed by atoms with Crippen LogP contribution >= 0.6 is 0 Å². The van der Waals surface area contributed by atoms with Gasteiger partial charge < -0.3 is 0 Å². The fourth-order valence-corrected chi connectivity index (χ4v) is 3.20. The highest BCUT2D eigenvalue weighted by atomic mass is 15.0. The summed E-state index contributed by atoms with van der Waals surface area (Å²) in [5.41, 5.74) is 5.47. The predicted molar refractivity (Wildman–Crippen MR) is 91.4 cm³/mol. The van der Waals surface area contributed by atoms with E-state index in [9.17, 15) is 0 Å². The fraction of sp³-hybridized carbons (Fsp3) is 0.263. The molecule has 1 aromatic carbocycles. The summed E-state index contributed by atoms with van der Waals surface area (Å²) in [5, 5.41) is 2.45. The number of hydrogen-bond donors (Lipinski definition) is 0. The first kappa shape index (κ1) is 13.3. The standard InChI is InChI=1S/C19H19N3/c1-12-11-22-16-15(9-10-20-17(16)19(2,3)4)21-18(22)14-8-6-5-7-13(12)14/h5-11H,1-4H3. The molecule has 0 aliphatic heterocycles. The van der Waals surface area contributed by atoms with Gasteiger partial charge in [-0.15, -0.1) is 0 Å². The third-order valence-corrected chi connectivity index (χ3v) is 4.22. The van der Waals surface area contributed by atoms with E-state index in [4.69, 9.17) is 4.98 Å². The summed E-state index contributed by atoms with van der Waals surface area (Å²) in [7, 11) is 0. The third kappa shape index (κ3) is 1.75. The first-order valence-electron chi connectivity index (χ1n) is 7.62. The molecule has 0 unspecified atom stereocenters. The summed E-state index contributed by atoms with van der Waals surface area (Å²) in [6.45, 7) is 8.74. The molecule has 0 N–H and O–H groups in total. The lowest BCUT2D eigenvalue weighted by Crippen LogP contribution is -2.14. The van der Waals surface area contributed by atoms with Gasteiger partial charge in [0.2, 0.25) is 0 Å². The molecule has 3 nitrogen and oxygen atoms in total. The van der Waals surface area contributed by atoms with Crippen LogP contribution in [0.5, 0.6) is 0 Å². The molecule has 3 heteroatoms. The Kier molecular flexibility index (Phi) is 2.59. The third-order valence-electron chi connectivity index (χ3n) is 4.22. The molecule has 3 heterocycles. The van der Waals surface area contributed by atoms with E-state index in [2.05, 4.69) is 67.5 Å². The van der Waals surface area contributed by atoms with Crippen molar-refractivity contribution in [1.82, 2.24) is 14.4 Å². The predicted octanol–water partition coefficient (Wildman–Crippen LogP) is 4.64. The molecule has 110 valence electrons. The zero-order valence-electron chi connectivity index (χ0n) is 13.4. The molecule has 0 spiro atoms. The molecule has 0 aliphatic rings. The summed E-state index contributed by atoms with van der Waals surface area (Å²) in [5.74, 6) is 0. The first-order valence-corrected chi connectivity index (χ1v) is 7.62. The van der Waals surface area contributed by atoms with Crippen LogP contribution < -0.4 is 0 Å². The van der Waals surface area contributed by atoms with Gasteiger partial charge in [0.15, 0.2) is 0 Å². The molecule has 0 radical (unpaired) electrons. The molecular weight excluding hydrogens is 270 g/mol. The van der Waals surface area contributed by atoms with Crippen LogP contribution in [-0.4, -0.2) is 14.4 Å². The largest absolute Gasteiger partial charge is 0.297 e. The van der Waals surface area contributed by atoms with E-state index in [1.54, 1.807) is 0 Å². The number of benzene rings is 1. The van der Waals surface area contributed by atoms with Crippen molar-refractivity contribution in [2.45, 2.75) is 33.1 Å². The molecule has 0 saturated carbocycles. The van der Waals surface area contributed by atoms with Crippen LogP contribution in [0.4, 0.5) is 0 Å². The van der Waals surface area contributed by atoms with Crippen LogP contribution in [0.3, 0.4) is 0 Å². The van der Waals surface area contributed by atoms with Gasteiger partial charge in [0.05, 0.1) is 16.7 Å². The molecule has 3 aromatic heterocycles. The van der Waals surface area contributed by atoms with E-state index in [-0.39, 0.29) is 5.41 Å². The minimum absolute atomic E-state index is 0.0188. The number of imidazole rings is 1. The summed E-state index contributed by atoms with van der Waals surface area (Å²) in [6, 6.07) is 10.5. The number of hydrogen-bond acceptors (Lipinski definition) is 2. The van der Waals surface area contributed by atoms with Crippen molar-refractivity contribution in [2.24, 2.45) is 0 Å². The number of aryl methyl sites for hydroxylation is 1. The van der Waals surface area contributed by atoms with Gasteiger partial charge >= 0.3 is 0 Å². The average Bonchev–Trinajstić information content (AvgIpc) is 2.85. The monoisotopic (exact) mass is 289 g/mol. The molecule has 4 aromatic rings. The van der Waals surface area contributed by atoms with Crippen LogP contribution in [-0.2, 0) is 5.41 Å². The van der Waals surface area contributed by atoms with E-state index in [1.165, 1.54) is 16.3 Å². The van der Waals surface area contributed by atoms with Crippen molar-refractivity contribution >= 4 is 27.5 Å². The maximum Gasteiger partial charge on any atom is 0.145 e. The number of nitrogens with zero attached hydrogens (tertiary/aromatic N) is 3. The van der Waals surface area contributed by atoms with E-state index in [1.807, 2.05) is 12.3 Å². The lowest BCUT2D eigenvalue weighted by Gasteiger charge is -2.18. The summed E-state index contributed by atoms with van der Waals surface area (Å²) >= 11 is 0. The topological polar surface area (TPSA) is 30.2 Å². The average molecular weight is 289 g/mol. The molecule has 0 amide bonds. The van der Waals surface area contributed by atoms with Gasteiger partial charge in [-0.3, -0.25) is 9.38 Å². The molecule has 22 heavy (non-hydrogen) atoms. The second kappa shape index (κ2) is 4.29. The minimum Gasteiger partial charge on any atom is -0.297 e. The van der Waals surface area contributed by atoms with Crippen molar-refractivity contribution in [3.8, 4) is 0 Å². The van der Waals surface area contributed by atoms with Gasteiger partial charge in [-0.1, -0.05) is 45.0 Å². The zero-order valence-corrected chi connectivity index (χ0v) is 13.4. The normalized spacial score (nSPS) is 12.5. The molecule has 0 bridgehead atoms. The van der Waals surface area contributed by atoms with Crippen molar-refractivity contribution in [2.75, 3.05) is 0 Å². The Balaban J connectivity index is 2.28. The summed E-state index contributed by atoms with van der Waals surface area (Å²) in [6.07, 6.45) is 4.05. The van der Waals surface area contributed by atoms with Crippen molar-refractivity contribution in [1.29, 1.82) is 0 Å². The second-order valence-corrected chi connectivity index (χ2v) is 6.94. The van der Waals surface area contributed by atoms with Crippen LogP contribution in [0, 0.1) is 6.92 Å². The fourth-order valence-electron chi connectivity index (χ4n) is 3.20. The number of aromatic nitrogens is 3. The van der Waals surface area contributed by atoms with E-state index in [0.29, 0.717) is 0 Å². The van der Waals surface area contributed by atoms with Crippen molar-refractivity contribution in [3.05, 3.63) is 54.0 Å². The Bertz CT molecular complexity index is 1020. The van der Waals surface area contributed by atoms with Crippen LogP contribution in [0.25, 0.3) is 27.5 Å². The van der Waals surface area contributed by atoms with Gasteiger partial charge in [-0.05, 0) is 23.9 Å². The molecular formula is C19H19N3. The van der Waals surface area contributed by atoms with Crippen molar-refractivity contribution < 1.29 is 0 Å².